The average molecular weight is 329 g/mol. The second-order valence-electron chi connectivity index (χ2n) is 8.45. The van der Waals surface area contributed by atoms with Crippen molar-refractivity contribution >= 4 is 11.7 Å². The predicted molar refractivity (Wildman–Crippen MR) is 98.5 cm³/mol. The van der Waals surface area contributed by atoms with Gasteiger partial charge < -0.3 is 5.32 Å². The number of amides is 1. The lowest BCUT2D eigenvalue weighted by Gasteiger charge is -2.42. The molecule has 0 fully saturated rings. The quantitative estimate of drug-likeness (QED) is 0.815. The highest BCUT2D eigenvalue weighted by Crippen LogP contribution is 2.45. The van der Waals surface area contributed by atoms with E-state index in [-0.39, 0.29) is 34.9 Å². The van der Waals surface area contributed by atoms with E-state index in [4.69, 9.17) is 0 Å². The zero-order valence-corrected chi connectivity index (χ0v) is 16.0. The molecule has 1 unspecified atom stereocenters. The van der Waals surface area contributed by atoms with Crippen LogP contribution in [0, 0.1) is 5.92 Å². The Bertz CT molecular complexity index is 643. The van der Waals surface area contributed by atoms with Gasteiger partial charge in [0.1, 0.15) is 0 Å². The van der Waals surface area contributed by atoms with Crippen molar-refractivity contribution in [3.05, 3.63) is 34.9 Å². The van der Waals surface area contributed by atoms with E-state index in [0.29, 0.717) is 6.54 Å². The Hall–Kier alpha value is -1.64. The zero-order chi connectivity index (χ0) is 18.1. The van der Waals surface area contributed by atoms with Crippen LogP contribution in [0.1, 0.15) is 82.3 Å². The molecule has 3 heteroatoms. The first-order chi connectivity index (χ1) is 11.1. The summed E-state index contributed by atoms with van der Waals surface area (Å²) >= 11 is 0. The summed E-state index contributed by atoms with van der Waals surface area (Å²) in [5.41, 5.74) is 3.62. The fourth-order valence-corrected chi connectivity index (χ4v) is 3.60. The number of Topliss-reactive ketones (excluding diaryl/α,β-unsaturated/α-hetero) is 1. The van der Waals surface area contributed by atoms with Crippen LogP contribution in [-0.4, -0.2) is 18.2 Å². The summed E-state index contributed by atoms with van der Waals surface area (Å²) in [5, 5.41) is 2.78. The van der Waals surface area contributed by atoms with Gasteiger partial charge in [-0.3, -0.25) is 9.59 Å². The van der Waals surface area contributed by atoms with Crippen molar-refractivity contribution in [2.75, 3.05) is 6.54 Å². The highest BCUT2D eigenvalue weighted by atomic mass is 16.2. The Morgan fingerprint density at radius 1 is 1.08 bits per heavy atom. The van der Waals surface area contributed by atoms with Crippen molar-refractivity contribution in [1.29, 1.82) is 0 Å². The first-order valence-electron chi connectivity index (χ1n) is 9.04. The molecule has 1 amide bonds. The summed E-state index contributed by atoms with van der Waals surface area (Å²) in [7, 11) is 0. The summed E-state index contributed by atoms with van der Waals surface area (Å²) in [6.45, 7) is 13.4. The molecule has 1 aliphatic rings. The van der Waals surface area contributed by atoms with Crippen molar-refractivity contribution in [1.82, 2.24) is 5.32 Å². The number of carbonyl (C=O) groups excluding carboxylic acids is 2. The Balaban J connectivity index is 2.27. The minimum Gasteiger partial charge on any atom is -0.356 e. The van der Waals surface area contributed by atoms with E-state index in [0.717, 1.165) is 18.4 Å². The van der Waals surface area contributed by atoms with Crippen molar-refractivity contribution in [3.63, 3.8) is 0 Å². The molecule has 0 saturated heterocycles. The maximum Gasteiger partial charge on any atom is 0.223 e. The number of ketones is 1. The van der Waals surface area contributed by atoms with Gasteiger partial charge in [0.25, 0.3) is 0 Å². The van der Waals surface area contributed by atoms with E-state index in [1.165, 1.54) is 11.1 Å². The molecule has 1 N–H and O–H groups in total. The Morgan fingerprint density at radius 3 is 2.25 bits per heavy atom. The standard InChI is InChI=1S/C21H31NO2/c1-7-22-19(24)14(2)12-18(23)15-8-9-16-17(13-15)21(5,6)11-10-20(16,3)4/h8-9,13-14H,7,10-12H2,1-6H3,(H,22,24). The lowest BCUT2D eigenvalue weighted by atomic mass is 9.63. The molecule has 1 aliphatic carbocycles. The van der Waals surface area contributed by atoms with Crippen LogP contribution in [0.3, 0.4) is 0 Å². The van der Waals surface area contributed by atoms with Gasteiger partial charge in [0.2, 0.25) is 5.91 Å². The Labute approximate surface area is 146 Å². The van der Waals surface area contributed by atoms with Crippen LogP contribution in [0.5, 0.6) is 0 Å². The van der Waals surface area contributed by atoms with Gasteiger partial charge in [0.05, 0.1) is 0 Å². The topological polar surface area (TPSA) is 46.2 Å². The number of hydrogen-bond acceptors (Lipinski definition) is 2. The second-order valence-corrected chi connectivity index (χ2v) is 8.45. The third kappa shape index (κ3) is 3.71. The van der Waals surface area contributed by atoms with Gasteiger partial charge in [-0.2, -0.15) is 0 Å². The molecule has 0 aliphatic heterocycles. The minimum absolute atomic E-state index is 0.0507. The molecule has 0 heterocycles. The van der Waals surface area contributed by atoms with Crippen LogP contribution in [0.25, 0.3) is 0 Å². The molecule has 0 radical (unpaired) electrons. The van der Waals surface area contributed by atoms with E-state index in [1.54, 1.807) is 0 Å². The molecule has 3 nitrogen and oxygen atoms in total. The predicted octanol–water partition coefficient (Wildman–Crippen LogP) is 4.38. The largest absolute Gasteiger partial charge is 0.356 e. The molecular formula is C21H31NO2. The zero-order valence-electron chi connectivity index (χ0n) is 16.0. The van der Waals surface area contributed by atoms with Crippen LogP contribution in [0.4, 0.5) is 0 Å². The molecule has 1 aromatic carbocycles. The summed E-state index contributed by atoms with van der Waals surface area (Å²) in [5.74, 6) is -0.293. The van der Waals surface area contributed by atoms with E-state index >= 15 is 0 Å². The highest BCUT2D eigenvalue weighted by molar-refractivity contribution is 5.98. The Morgan fingerprint density at radius 2 is 1.67 bits per heavy atom. The van der Waals surface area contributed by atoms with Gasteiger partial charge in [0, 0.05) is 24.4 Å². The summed E-state index contributed by atoms with van der Waals surface area (Å²) in [4.78, 5) is 24.5. The van der Waals surface area contributed by atoms with Crippen molar-refractivity contribution in [2.24, 2.45) is 5.92 Å². The third-order valence-electron chi connectivity index (χ3n) is 5.46. The maximum absolute atomic E-state index is 12.6. The van der Waals surface area contributed by atoms with Crippen LogP contribution < -0.4 is 5.32 Å². The second kappa shape index (κ2) is 6.70. The van der Waals surface area contributed by atoms with Gasteiger partial charge in [0.15, 0.2) is 5.78 Å². The smallest absolute Gasteiger partial charge is 0.223 e. The first kappa shape index (κ1) is 18.7. The molecule has 0 saturated carbocycles. The number of fused-ring (bicyclic) bond motifs is 1. The first-order valence-corrected chi connectivity index (χ1v) is 9.04. The molecular weight excluding hydrogens is 298 g/mol. The number of nitrogens with one attached hydrogen (secondary N) is 1. The van der Waals surface area contributed by atoms with E-state index < -0.39 is 0 Å². The van der Waals surface area contributed by atoms with Gasteiger partial charge in [-0.1, -0.05) is 46.8 Å². The average Bonchev–Trinajstić information content (AvgIpc) is 2.51. The van der Waals surface area contributed by atoms with E-state index in [9.17, 15) is 9.59 Å². The molecule has 1 atom stereocenters. The monoisotopic (exact) mass is 329 g/mol. The van der Waals surface area contributed by atoms with Gasteiger partial charge >= 0.3 is 0 Å². The van der Waals surface area contributed by atoms with Crippen molar-refractivity contribution in [2.45, 2.75) is 71.6 Å². The molecule has 24 heavy (non-hydrogen) atoms. The summed E-state index contributed by atoms with van der Waals surface area (Å²) in [6.07, 6.45) is 2.54. The van der Waals surface area contributed by atoms with Crippen molar-refractivity contribution in [3.8, 4) is 0 Å². The molecule has 0 aromatic heterocycles. The Kier molecular flexibility index (Phi) is 5.22. The molecule has 1 aromatic rings. The van der Waals surface area contributed by atoms with Gasteiger partial charge in [-0.05, 0) is 47.8 Å². The minimum atomic E-state index is -0.294. The third-order valence-corrected chi connectivity index (χ3v) is 5.46. The molecule has 132 valence electrons. The van der Waals surface area contributed by atoms with Crippen LogP contribution >= 0.6 is 0 Å². The number of rotatable bonds is 5. The lowest BCUT2D eigenvalue weighted by Crippen LogP contribution is -2.34. The van der Waals surface area contributed by atoms with Gasteiger partial charge in [-0.25, -0.2) is 0 Å². The van der Waals surface area contributed by atoms with Crippen LogP contribution in [-0.2, 0) is 15.6 Å². The molecule has 0 spiro atoms. The normalized spacial score (nSPS) is 19.2. The number of carbonyl (C=O) groups is 2. The summed E-state index contributed by atoms with van der Waals surface area (Å²) in [6, 6.07) is 6.14. The SMILES string of the molecule is CCNC(=O)C(C)CC(=O)c1ccc2c(c1)C(C)(C)CCC2(C)C. The van der Waals surface area contributed by atoms with E-state index in [1.807, 2.05) is 19.9 Å². The summed E-state index contributed by atoms with van der Waals surface area (Å²) < 4.78 is 0. The maximum atomic E-state index is 12.6. The molecule has 2 rings (SSSR count). The van der Waals surface area contributed by atoms with Crippen LogP contribution in [0.2, 0.25) is 0 Å². The number of benzene rings is 1. The fourth-order valence-electron chi connectivity index (χ4n) is 3.60. The van der Waals surface area contributed by atoms with Crippen LogP contribution in [0.15, 0.2) is 18.2 Å². The number of hydrogen-bond donors (Lipinski definition) is 1. The van der Waals surface area contributed by atoms with Gasteiger partial charge in [-0.15, -0.1) is 0 Å². The van der Waals surface area contributed by atoms with E-state index in [2.05, 4.69) is 45.1 Å². The lowest BCUT2D eigenvalue weighted by molar-refractivity contribution is -0.124. The highest BCUT2D eigenvalue weighted by Gasteiger charge is 2.37. The van der Waals surface area contributed by atoms with Crippen molar-refractivity contribution < 1.29 is 9.59 Å². The molecule has 0 bridgehead atoms. The fraction of sp³-hybridized carbons (Fsp3) is 0.619.